The van der Waals surface area contributed by atoms with Gasteiger partial charge in [0.2, 0.25) is 0 Å². The van der Waals surface area contributed by atoms with E-state index in [1.807, 2.05) is 0 Å². The van der Waals surface area contributed by atoms with E-state index >= 15 is 0 Å². The summed E-state index contributed by atoms with van der Waals surface area (Å²) in [5.74, 6) is 0.813. The fourth-order valence-electron chi connectivity index (χ4n) is 1.14. The Morgan fingerprint density at radius 3 is 2.55 bits per heavy atom. The van der Waals surface area contributed by atoms with Crippen molar-refractivity contribution in [2.75, 3.05) is 6.54 Å². The molecular formula is C10H21N. The van der Waals surface area contributed by atoms with Gasteiger partial charge in [-0.15, -0.1) is 0 Å². The maximum atomic E-state index is 5.48. The molecule has 0 bridgehead atoms. The van der Waals surface area contributed by atoms with Gasteiger partial charge in [0.25, 0.3) is 0 Å². The molecule has 0 heterocycles. The van der Waals surface area contributed by atoms with E-state index in [-0.39, 0.29) is 0 Å². The molecule has 0 aromatic heterocycles. The topological polar surface area (TPSA) is 26.0 Å². The van der Waals surface area contributed by atoms with Crippen molar-refractivity contribution < 1.29 is 0 Å². The molecule has 0 aliphatic heterocycles. The Kier molecular flexibility index (Phi) is 6.24. The minimum absolute atomic E-state index is 0.788. The zero-order valence-electron chi connectivity index (χ0n) is 8.06. The summed E-state index contributed by atoms with van der Waals surface area (Å²) in [6.45, 7) is 7.42. The predicted octanol–water partition coefficient (Wildman–Crippen LogP) is 2.72. The van der Waals surface area contributed by atoms with E-state index in [1.165, 1.54) is 18.4 Å². The highest BCUT2D eigenvalue weighted by molar-refractivity contribution is 5.01. The zero-order valence-corrected chi connectivity index (χ0v) is 8.06. The van der Waals surface area contributed by atoms with Crippen LogP contribution in [0.15, 0.2) is 11.6 Å². The third-order valence-electron chi connectivity index (χ3n) is 2.18. The molecule has 1 unspecified atom stereocenters. The van der Waals surface area contributed by atoms with Crippen LogP contribution in [-0.4, -0.2) is 6.54 Å². The standard InChI is InChI=1S/C10H21N/c1-4-9(3)8-10(5-2)6-7-11/h5,9H,4,6-8,11H2,1-3H3/b10-5-. The normalized spacial score (nSPS) is 15.1. The molecule has 66 valence electrons. The smallest absolute Gasteiger partial charge is 0.00399 e. The fraction of sp³-hybridized carbons (Fsp3) is 0.800. The predicted molar refractivity (Wildman–Crippen MR) is 51.5 cm³/mol. The van der Waals surface area contributed by atoms with Gasteiger partial charge in [0.05, 0.1) is 0 Å². The second-order valence-electron chi connectivity index (χ2n) is 3.20. The Hall–Kier alpha value is -0.300. The van der Waals surface area contributed by atoms with Crippen LogP contribution in [0.1, 0.15) is 40.0 Å². The molecule has 0 aliphatic rings. The summed E-state index contributed by atoms with van der Waals surface area (Å²) in [6.07, 6.45) is 5.77. The molecule has 0 fully saturated rings. The third kappa shape index (κ3) is 5.02. The molecule has 0 rings (SSSR count). The number of nitrogens with two attached hydrogens (primary N) is 1. The highest BCUT2D eigenvalue weighted by Gasteiger charge is 2.01. The number of allylic oxidation sites excluding steroid dienone is 1. The fourth-order valence-corrected chi connectivity index (χ4v) is 1.14. The van der Waals surface area contributed by atoms with Gasteiger partial charge >= 0.3 is 0 Å². The lowest BCUT2D eigenvalue weighted by molar-refractivity contribution is 0.547. The van der Waals surface area contributed by atoms with Crippen molar-refractivity contribution in [2.45, 2.75) is 40.0 Å². The number of hydrogen-bond acceptors (Lipinski definition) is 1. The minimum Gasteiger partial charge on any atom is -0.330 e. The SMILES string of the molecule is C/C=C(/CCN)CC(C)CC. The van der Waals surface area contributed by atoms with Gasteiger partial charge in [-0.2, -0.15) is 0 Å². The lowest BCUT2D eigenvalue weighted by atomic mass is 9.97. The van der Waals surface area contributed by atoms with Crippen LogP contribution < -0.4 is 5.73 Å². The van der Waals surface area contributed by atoms with Crippen LogP contribution in [0.2, 0.25) is 0 Å². The van der Waals surface area contributed by atoms with E-state index in [0.717, 1.165) is 18.9 Å². The van der Waals surface area contributed by atoms with Crippen LogP contribution in [0, 0.1) is 5.92 Å². The summed E-state index contributed by atoms with van der Waals surface area (Å²) in [5, 5.41) is 0. The highest BCUT2D eigenvalue weighted by atomic mass is 14.5. The molecule has 0 saturated carbocycles. The third-order valence-corrected chi connectivity index (χ3v) is 2.18. The molecule has 0 radical (unpaired) electrons. The molecule has 0 aromatic carbocycles. The van der Waals surface area contributed by atoms with Gasteiger partial charge in [-0.3, -0.25) is 0 Å². The van der Waals surface area contributed by atoms with Gasteiger partial charge in [-0.05, 0) is 32.2 Å². The van der Waals surface area contributed by atoms with Gasteiger partial charge in [0.1, 0.15) is 0 Å². The summed E-state index contributed by atoms with van der Waals surface area (Å²) in [4.78, 5) is 0. The first-order chi connectivity index (χ1) is 5.24. The second-order valence-corrected chi connectivity index (χ2v) is 3.20. The highest BCUT2D eigenvalue weighted by Crippen LogP contribution is 2.16. The molecule has 1 nitrogen and oxygen atoms in total. The van der Waals surface area contributed by atoms with Gasteiger partial charge in [0, 0.05) is 0 Å². The monoisotopic (exact) mass is 155 g/mol. The van der Waals surface area contributed by atoms with Crippen molar-refractivity contribution in [3.05, 3.63) is 11.6 Å². The zero-order chi connectivity index (χ0) is 8.69. The van der Waals surface area contributed by atoms with Crippen LogP contribution in [-0.2, 0) is 0 Å². The van der Waals surface area contributed by atoms with Crippen LogP contribution in [0.3, 0.4) is 0 Å². The molecular weight excluding hydrogens is 134 g/mol. The van der Waals surface area contributed by atoms with E-state index in [1.54, 1.807) is 0 Å². The summed E-state index contributed by atoms with van der Waals surface area (Å²) >= 11 is 0. The summed E-state index contributed by atoms with van der Waals surface area (Å²) in [6, 6.07) is 0. The summed E-state index contributed by atoms with van der Waals surface area (Å²) in [5.41, 5.74) is 7.00. The molecule has 11 heavy (non-hydrogen) atoms. The van der Waals surface area contributed by atoms with Crippen molar-refractivity contribution in [3.8, 4) is 0 Å². The Morgan fingerprint density at radius 1 is 1.55 bits per heavy atom. The van der Waals surface area contributed by atoms with E-state index in [9.17, 15) is 0 Å². The van der Waals surface area contributed by atoms with E-state index < -0.39 is 0 Å². The maximum Gasteiger partial charge on any atom is -0.00399 e. The van der Waals surface area contributed by atoms with Gasteiger partial charge in [-0.25, -0.2) is 0 Å². The molecule has 0 saturated heterocycles. The largest absolute Gasteiger partial charge is 0.330 e. The summed E-state index contributed by atoms with van der Waals surface area (Å²) < 4.78 is 0. The average molecular weight is 155 g/mol. The first kappa shape index (κ1) is 10.7. The molecule has 1 heteroatoms. The van der Waals surface area contributed by atoms with Crippen molar-refractivity contribution in [1.82, 2.24) is 0 Å². The lowest BCUT2D eigenvalue weighted by Crippen LogP contribution is -2.03. The molecule has 0 aromatic rings. The average Bonchev–Trinajstić information content (AvgIpc) is 2.03. The Labute approximate surface area is 70.7 Å². The number of hydrogen-bond donors (Lipinski definition) is 1. The van der Waals surface area contributed by atoms with Crippen molar-refractivity contribution >= 4 is 0 Å². The van der Waals surface area contributed by atoms with Crippen LogP contribution in [0.4, 0.5) is 0 Å². The lowest BCUT2D eigenvalue weighted by Gasteiger charge is -2.10. The van der Waals surface area contributed by atoms with Crippen molar-refractivity contribution in [1.29, 1.82) is 0 Å². The van der Waals surface area contributed by atoms with E-state index in [4.69, 9.17) is 5.73 Å². The van der Waals surface area contributed by atoms with Crippen LogP contribution in [0.5, 0.6) is 0 Å². The first-order valence-corrected chi connectivity index (χ1v) is 4.58. The Balaban J connectivity index is 3.69. The maximum absolute atomic E-state index is 5.48. The first-order valence-electron chi connectivity index (χ1n) is 4.58. The number of rotatable bonds is 5. The van der Waals surface area contributed by atoms with Gasteiger partial charge in [-0.1, -0.05) is 31.9 Å². The summed E-state index contributed by atoms with van der Waals surface area (Å²) in [7, 11) is 0. The van der Waals surface area contributed by atoms with Crippen molar-refractivity contribution in [3.63, 3.8) is 0 Å². The minimum atomic E-state index is 0.788. The van der Waals surface area contributed by atoms with Crippen LogP contribution in [0.25, 0.3) is 0 Å². The molecule has 1 atom stereocenters. The Morgan fingerprint density at radius 2 is 2.18 bits per heavy atom. The van der Waals surface area contributed by atoms with Crippen molar-refractivity contribution in [2.24, 2.45) is 11.7 Å². The molecule has 0 amide bonds. The van der Waals surface area contributed by atoms with E-state index in [0.29, 0.717) is 0 Å². The molecule has 2 N–H and O–H groups in total. The molecule has 0 spiro atoms. The van der Waals surface area contributed by atoms with Crippen LogP contribution >= 0.6 is 0 Å². The quantitative estimate of drug-likeness (QED) is 0.607. The Bertz CT molecular complexity index is 116. The second kappa shape index (κ2) is 6.41. The van der Waals surface area contributed by atoms with E-state index in [2.05, 4.69) is 26.8 Å². The molecule has 0 aliphatic carbocycles. The van der Waals surface area contributed by atoms with Gasteiger partial charge < -0.3 is 5.73 Å². The van der Waals surface area contributed by atoms with Gasteiger partial charge in [0.15, 0.2) is 0 Å².